The maximum Gasteiger partial charge on any atom is 0.124 e. The molecule has 4 heteroatoms. The molecule has 1 aliphatic rings. The van der Waals surface area contributed by atoms with Crippen molar-refractivity contribution in [3.05, 3.63) is 30.1 Å². The molecule has 2 nitrogen and oxygen atoms in total. The fraction of sp³-hybridized carbons (Fsp3) is 0.538. The molecule has 17 heavy (non-hydrogen) atoms. The van der Waals surface area contributed by atoms with E-state index in [-0.39, 0.29) is 11.1 Å². The third-order valence-electron chi connectivity index (χ3n) is 3.22. The predicted molar refractivity (Wildman–Crippen MR) is 67.9 cm³/mol. The topological polar surface area (TPSA) is 29.1 Å². The molecule has 1 aliphatic carbocycles. The highest BCUT2D eigenvalue weighted by molar-refractivity contribution is 7.85. The highest BCUT2D eigenvalue weighted by Crippen LogP contribution is 2.27. The Morgan fingerprint density at radius 2 is 2.29 bits per heavy atom. The van der Waals surface area contributed by atoms with Crippen molar-refractivity contribution in [1.29, 1.82) is 0 Å². The van der Waals surface area contributed by atoms with Crippen LogP contribution in [0.5, 0.6) is 0 Å². The highest BCUT2D eigenvalue weighted by atomic mass is 32.2. The van der Waals surface area contributed by atoms with Crippen LogP contribution in [0.1, 0.15) is 26.2 Å². The zero-order chi connectivity index (χ0) is 12.3. The molecule has 3 unspecified atom stereocenters. The quantitative estimate of drug-likeness (QED) is 0.895. The Morgan fingerprint density at radius 3 is 3.00 bits per heavy atom. The number of rotatable bonds is 4. The predicted octanol–water partition coefficient (Wildman–Crippen LogP) is 2.46. The van der Waals surface area contributed by atoms with Crippen molar-refractivity contribution in [2.75, 3.05) is 6.54 Å². The van der Waals surface area contributed by atoms with Crippen LogP contribution in [0.15, 0.2) is 29.2 Å². The standard InChI is InChI=1S/C13H18FNOS/c1-2-15-12-7-4-8-13(12)17(16)11-6-3-5-10(14)9-11/h3,5-6,9,12-13,15H,2,4,7-8H2,1H3. The average molecular weight is 255 g/mol. The largest absolute Gasteiger partial charge is 0.313 e. The first-order chi connectivity index (χ1) is 8.22. The zero-order valence-electron chi connectivity index (χ0n) is 9.99. The van der Waals surface area contributed by atoms with E-state index in [1.165, 1.54) is 12.1 Å². The van der Waals surface area contributed by atoms with Gasteiger partial charge >= 0.3 is 0 Å². The molecule has 3 atom stereocenters. The Labute approximate surface area is 104 Å². The Kier molecular flexibility index (Phi) is 4.29. The Balaban J connectivity index is 2.14. The van der Waals surface area contributed by atoms with E-state index >= 15 is 0 Å². The second-order valence-electron chi connectivity index (χ2n) is 4.39. The molecule has 1 aromatic rings. The van der Waals surface area contributed by atoms with Gasteiger partial charge in [0.05, 0.1) is 16.0 Å². The van der Waals surface area contributed by atoms with E-state index < -0.39 is 10.8 Å². The minimum absolute atomic E-state index is 0.122. The van der Waals surface area contributed by atoms with Crippen molar-refractivity contribution in [2.45, 2.75) is 42.4 Å². The number of halogens is 1. The summed E-state index contributed by atoms with van der Waals surface area (Å²) in [4.78, 5) is 0.611. The molecular weight excluding hydrogens is 237 g/mol. The molecule has 2 rings (SSSR count). The van der Waals surface area contributed by atoms with Crippen LogP contribution >= 0.6 is 0 Å². The average Bonchev–Trinajstić information content (AvgIpc) is 2.77. The third-order valence-corrected chi connectivity index (χ3v) is 5.05. The second-order valence-corrected chi connectivity index (χ2v) is 6.06. The second kappa shape index (κ2) is 5.74. The van der Waals surface area contributed by atoms with Gasteiger partial charge < -0.3 is 5.32 Å². The molecule has 1 aromatic carbocycles. The van der Waals surface area contributed by atoms with E-state index in [0.29, 0.717) is 10.9 Å². The van der Waals surface area contributed by atoms with E-state index in [4.69, 9.17) is 0 Å². The van der Waals surface area contributed by atoms with Crippen LogP contribution in [0.4, 0.5) is 4.39 Å². The number of hydrogen-bond donors (Lipinski definition) is 1. The molecule has 0 amide bonds. The summed E-state index contributed by atoms with van der Waals surface area (Å²) in [6, 6.07) is 6.46. The van der Waals surface area contributed by atoms with Gasteiger partial charge in [-0.3, -0.25) is 4.21 Å². The third kappa shape index (κ3) is 2.93. The van der Waals surface area contributed by atoms with Crippen LogP contribution in [-0.4, -0.2) is 22.0 Å². The molecule has 94 valence electrons. The lowest BCUT2D eigenvalue weighted by molar-refractivity contribution is 0.540. The zero-order valence-corrected chi connectivity index (χ0v) is 10.8. The van der Waals surface area contributed by atoms with Crippen LogP contribution < -0.4 is 5.32 Å². The molecule has 0 bridgehead atoms. The highest BCUT2D eigenvalue weighted by Gasteiger charge is 2.31. The SMILES string of the molecule is CCNC1CCCC1S(=O)c1cccc(F)c1. The van der Waals surface area contributed by atoms with Crippen molar-refractivity contribution in [1.82, 2.24) is 5.32 Å². The summed E-state index contributed by atoms with van der Waals surface area (Å²) in [7, 11) is -1.10. The van der Waals surface area contributed by atoms with Gasteiger partial charge in [0.25, 0.3) is 0 Å². The maximum absolute atomic E-state index is 13.1. The number of hydrogen-bond acceptors (Lipinski definition) is 2. The van der Waals surface area contributed by atoms with E-state index in [1.54, 1.807) is 12.1 Å². The first-order valence-corrected chi connectivity index (χ1v) is 7.33. The summed E-state index contributed by atoms with van der Waals surface area (Å²) >= 11 is 0. The van der Waals surface area contributed by atoms with Crippen LogP contribution in [0.3, 0.4) is 0 Å². The Hall–Kier alpha value is -0.740. The normalized spacial score (nSPS) is 26.0. The number of benzene rings is 1. The minimum atomic E-state index is -1.10. The van der Waals surface area contributed by atoms with E-state index in [9.17, 15) is 8.60 Å². The molecule has 0 aromatic heterocycles. The number of nitrogens with one attached hydrogen (secondary N) is 1. The summed E-state index contributed by atoms with van der Waals surface area (Å²) in [5.41, 5.74) is 0. The fourth-order valence-corrected chi connectivity index (χ4v) is 4.15. The lowest BCUT2D eigenvalue weighted by Crippen LogP contribution is -2.37. The smallest absolute Gasteiger partial charge is 0.124 e. The molecule has 1 saturated carbocycles. The van der Waals surface area contributed by atoms with Crippen molar-refractivity contribution in [3.63, 3.8) is 0 Å². The van der Waals surface area contributed by atoms with Gasteiger partial charge in [-0.05, 0) is 37.6 Å². The van der Waals surface area contributed by atoms with Crippen molar-refractivity contribution >= 4 is 10.8 Å². The lowest BCUT2D eigenvalue weighted by atomic mass is 10.2. The van der Waals surface area contributed by atoms with Crippen LogP contribution in [0.25, 0.3) is 0 Å². The van der Waals surface area contributed by atoms with Gasteiger partial charge in [0.1, 0.15) is 5.82 Å². The van der Waals surface area contributed by atoms with Gasteiger partial charge in [-0.15, -0.1) is 0 Å². The van der Waals surface area contributed by atoms with Crippen molar-refractivity contribution in [3.8, 4) is 0 Å². The molecule has 0 heterocycles. The molecule has 0 radical (unpaired) electrons. The monoisotopic (exact) mass is 255 g/mol. The molecular formula is C13H18FNOS. The maximum atomic E-state index is 13.1. The molecule has 0 saturated heterocycles. The summed E-state index contributed by atoms with van der Waals surface area (Å²) in [6.07, 6.45) is 3.13. The molecule has 1 fully saturated rings. The summed E-state index contributed by atoms with van der Waals surface area (Å²) in [5.74, 6) is -0.311. The van der Waals surface area contributed by atoms with E-state index in [1.807, 2.05) is 0 Å². The minimum Gasteiger partial charge on any atom is -0.313 e. The lowest BCUT2D eigenvalue weighted by Gasteiger charge is -2.19. The van der Waals surface area contributed by atoms with Crippen LogP contribution in [0, 0.1) is 5.82 Å². The van der Waals surface area contributed by atoms with Gasteiger partial charge in [-0.2, -0.15) is 0 Å². The Bertz CT molecular complexity index is 410. The van der Waals surface area contributed by atoms with Gasteiger partial charge in [0.2, 0.25) is 0 Å². The molecule has 0 aliphatic heterocycles. The van der Waals surface area contributed by atoms with E-state index in [2.05, 4.69) is 12.2 Å². The fourth-order valence-electron chi connectivity index (χ4n) is 2.44. The first-order valence-electron chi connectivity index (χ1n) is 6.12. The van der Waals surface area contributed by atoms with Crippen molar-refractivity contribution in [2.24, 2.45) is 0 Å². The molecule has 1 N–H and O–H groups in total. The summed E-state index contributed by atoms with van der Waals surface area (Å²) in [5, 5.41) is 3.50. The van der Waals surface area contributed by atoms with Gasteiger partial charge in [0.15, 0.2) is 0 Å². The van der Waals surface area contributed by atoms with Gasteiger partial charge in [0, 0.05) is 10.9 Å². The summed E-state index contributed by atoms with van der Waals surface area (Å²) < 4.78 is 25.5. The van der Waals surface area contributed by atoms with E-state index in [0.717, 1.165) is 25.8 Å². The van der Waals surface area contributed by atoms with Crippen molar-refractivity contribution < 1.29 is 8.60 Å². The van der Waals surface area contributed by atoms with Gasteiger partial charge in [-0.25, -0.2) is 4.39 Å². The Morgan fingerprint density at radius 1 is 1.47 bits per heavy atom. The molecule has 0 spiro atoms. The van der Waals surface area contributed by atoms with Crippen LogP contribution in [0.2, 0.25) is 0 Å². The van der Waals surface area contributed by atoms with Crippen LogP contribution in [-0.2, 0) is 10.8 Å². The van der Waals surface area contributed by atoms with Gasteiger partial charge in [-0.1, -0.05) is 19.4 Å². The first kappa shape index (κ1) is 12.7. The summed E-state index contributed by atoms with van der Waals surface area (Å²) in [6.45, 7) is 2.95.